The summed E-state index contributed by atoms with van der Waals surface area (Å²) in [4.78, 5) is 0. The van der Waals surface area contributed by atoms with Crippen LogP contribution in [0.25, 0.3) is 27.3 Å². The Morgan fingerprint density at radius 1 is 0.606 bits per heavy atom. The third kappa shape index (κ3) is 10.0. The maximum absolute atomic E-state index is 6.45. The van der Waals surface area contributed by atoms with E-state index in [4.69, 9.17) is 5.73 Å². The van der Waals surface area contributed by atoms with Crippen LogP contribution in [-0.4, -0.2) is 16.1 Å². The van der Waals surface area contributed by atoms with Crippen LogP contribution in [0.5, 0.6) is 0 Å². The van der Waals surface area contributed by atoms with Gasteiger partial charge in [0.2, 0.25) is 0 Å². The smallest absolute Gasteiger partial charge is 1.00 e. The second-order valence-electron chi connectivity index (χ2n) is 6.93. The molecule has 0 bridgehead atoms. The SMILES string of the molecule is CCC[NH-].[Cl-].[Cl-].[Zr+4].c1ccc([Si]c2ccccc2)cc1.c1ccc2c(c1)[cH-]c1ccccc12. The van der Waals surface area contributed by atoms with Gasteiger partial charge in [-0.05, 0) is 0 Å². The van der Waals surface area contributed by atoms with Gasteiger partial charge in [-0.1, -0.05) is 121 Å². The van der Waals surface area contributed by atoms with Crippen LogP contribution in [0.1, 0.15) is 13.3 Å². The normalized spacial score (nSPS) is 9.15. The zero-order valence-corrected chi connectivity index (χ0v) is 23.6. The molecule has 0 aliphatic carbocycles. The molecule has 0 fully saturated rings. The van der Waals surface area contributed by atoms with Crippen LogP contribution in [-0.2, 0) is 26.2 Å². The quantitative estimate of drug-likeness (QED) is 0.224. The molecule has 0 heterocycles. The Bertz CT molecular complexity index is 1060. The fourth-order valence-electron chi connectivity index (χ4n) is 3.11. The molecule has 5 rings (SSSR count). The minimum atomic E-state index is 0. The number of benzene rings is 4. The molecule has 5 heteroatoms. The number of hydrogen-bond acceptors (Lipinski definition) is 0. The van der Waals surface area contributed by atoms with Gasteiger partial charge < -0.3 is 30.5 Å². The number of nitrogens with one attached hydrogen (secondary N) is 1. The van der Waals surface area contributed by atoms with Crippen LogP contribution >= 0.6 is 0 Å². The molecule has 0 unspecified atom stereocenters. The third-order valence-electron chi connectivity index (χ3n) is 4.61. The summed E-state index contributed by atoms with van der Waals surface area (Å²) < 4.78 is 0. The summed E-state index contributed by atoms with van der Waals surface area (Å²) in [6.45, 7) is 2.56. The van der Waals surface area contributed by atoms with Gasteiger partial charge >= 0.3 is 26.2 Å². The molecule has 2 radical (unpaired) electrons. The Labute approximate surface area is 231 Å². The van der Waals surface area contributed by atoms with Gasteiger partial charge in [0.1, 0.15) is 9.52 Å². The average Bonchev–Trinajstić information content (AvgIpc) is 3.20. The van der Waals surface area contributed by atoms with Gasteiger partial charge in [0.25, 0.3) is 0 Å². The van der Waals surface area contributed by atoms with Crippen molar-refractivity contribution in [1.82, 2.24) is 0 Å². The summed E-state index contributed by atoms with van der Waals surface area (Å²) in [5.74, 6) is 0. The van der Waals surface area contributed by atoms with E-state index in [0.717, 1.165) is 15.9 Å². The minimum Gasteiger partial charge on any atom is -1.00 e. The van der Waals surface area contributed by atoms with Crippen molar-refractivity contribution in [2.24, 2.45) is 0 Å². The number of hydrogen-bond donors (Lipinski definition) is 0. The maximum Gasteiger partial charge on any atom is 4.00 e. The fraction of sp³-hybridized carbons (Fsp3) is 0.107. The molecule has 5 aromatic carbocycles. The first-order valence-corrected chi connectivity index (χ1v) is 11.4. The van der Waals surface area contributed by atoms with E-state index in [9.17, 15) is 0 Å². The number of fused-ring (bicyclic) bond motifs is 3. The van der Waals surface area contributed by atoms with E-state index in [-0.39, 0.29) is 51.0 Å². The number of rotatable bonds is 3. The van der Waals surface area contributed by atoms with Gasteiger partial charge in [-0.3, -0.25) is 0 Å². The Balaban J connectivity index is 0.000000497. The molecule has 0 aromatic heterocycles. The second kappa shape index (κ2) is 17.8. The zero-order valence-electron chi connectivity index (χ0n) is 18.6. The van der Waals surface area contributed by atoms with Gasteiger partial charge in [-0.25, -0.2) is 0 Å². The van der Waals surface area contributed by atoms with Crippen molar-refractivity contribution >= 4 is 41.4 Å². The largest absolute Gasteiger partial charge is 4.00 e. The molecule has 0 saturated carbocycles. The topological polar surface area (TPSA) is 23.8 Å². The Morgan fingerprint density at radius 2 is 0.939 bits per heavy atom. The third-order valence-corrected chi connectivity index (χ3v) is 5.85. The van der Waals surface area contributed by atoms with Crippen LogP contribution in [0, 0.1) is 0 Å². The first-order valence-electron chi connectivity index (χ1n) is 10.4. The van der Waals surface area contributed by atoms with Gasteiger partial charge in [-0.2, -0.15) is 6.54 Å². The second-order valence-corrected chi connectivity index (χ2v) is 8.33. The van der Waals surface area contributed by atoms with Crippen molar-refractivity contribution in [1.29, 1.82) is 0 Å². The Hall–Kier alpha value is -1.61. The zero-order chi connectivity index (χ0) is 21.0. The van der Waals surface area contributed by atoms with E-state index in [1.807, 2.05) is 6.92 Å². The van der Waals surface area contributed by atoms with Gasteiger partial charge in [0.05, 0.1) is 0 Å². The van der Waals surface area contributed by atoms with Crippen LogP contribution < -0.4 is 35.2 Å². The van der Waals surface area contributed by atoms with E-state index in [2.05, 4.69) is 115 Å². The molecule has 33 heavy (non-hydrogen) atoms. The summed E-state index contributed by atoms with van der Waals surface area (Å²) >= 11 is 0. The first-order chi connectivity index (χ1) is 14.8. The number of halogens is 2. The van der Waals surface area contributed by atoms with Crippen molar-refractivity contribution < 1.29 is 51.0 Å². The van der Waals surface area contributed by atoms with E-state index in [1.54, 1.807) is 0 Å². The van der Waals surface area contributed by atoms with E-state index in [0.29, 0.717) is 6.54 Å². The minimum absolute atomic E-state index is 0. The summed E-state index contributed by atoms with van der Waals surface area (Å²) in [7, 11) is 0.777. The fourth-order valence-corrected chi connectivity index (χ4v) is 4.17. The van der Waals surface area contributed by atoms with E-state index >= 15 is 0 Å². The van der Waals surface area contributed by atoms with Crippen molar-refractivity contribution in [2.75, 3.05) is 6.54 Å². The summed E-state index contributed by atoms with van der Waals surface area (Å²) in [6, 6.07) is 40.4. The van der Waals surface area contributed by atoms with Crippen molar-refractivity contribution in [2.45, 2.75) is 13.3 Å². The van der Waals surface area contributed by atoms with Gasteiger partial charge in [-0.15, -0.1) is 39.7 Å². The summed E-state index contributed by atoms with van der Waals surface area (Å²) in [5.41, 5.74) is 6.45. The summed E-state index contributed by atoms with van der Waals surface area (Å²) in [5, 5.41) is 8.19. The predicted molar refractivity (Wildman–Crippen MR) is 134 cm³/mol. The molecule has 1 nitrogen and oxygen atoms in total. The molecule has 5 aromatic rings. The average molecular weight is 568 g/mol. The van der Waals surface area contributed by atoms with Crippen LogP contribution in [0.15, 0.2) is 115 Å². The van der Waals surface area contributed by atoms with Gasteiger partial charge in [0.15, 0.2) is 0 Å². The predicted octanol–water partition coefficient (Wildman–Crippen LogP) is 0.508. The van der Waals surface area contributed by atoms with Crippen molar-refractivity contribution in [3.8, 4) is 0 Å². The van der Waals surface area contributed by atoms with Crippen molar-refractivity contribution in [3.05, 3.63) is 121 Å². The molecule has 0 spiro atoms. The van der Waals surface area contributed by atoms with Gasteiger partial charge in [0, 0.05) is 0 Å². The van der Waals surface area contributed by atoms with Crippen LogP contribution in [0.2, 0.25) is 0 Å². The molecule has 0 aliphatic rings. The Morgan fingerprint density at radius 3 is 1.30 bits per heavy atom. The molecular formula is C28H27Cl2NSiZr. The molecule has 0 saturated heterocycles. The maximum atomic E-state index is 6.45. The molecule has 0 amide bonds. The molecule has 0 aliphatic heterocycles. The molecule has 166 valence electrons. The van der Waals surface area contributed by atoms with Crippen LogP contribution in [0.4, 0.5) is 0 Å². The molecular weight excluding hydrogens is 541 g/mol. The van der Waals surface area contributed by atoms with E-state index in [1.165, 1.54) is 31.9 Å². The molecule has 1 N–H and O–H groups in total. The van der Waals surface area contributed by atoms with Crippen LogP contribution in [0.3, 0.4) is 0 Å². The van der Waals surface area contributed by atoms with Crippen molar-refractivity contribution in [3.63, 3.8) is 0 Å². The monoisotopic (exact) mass is 565 g/mol. The first kappa shape index (κ1) is 31.4. The Kier molecular flexibility index (Phi) is 16.9. The van der Waals surface area contributed by atoms with E-state index < -0.39 is 0 Å². The molecule has 0 atom stereocenters. The standard InChI is InChI=1S/C13H9.C12H10Si.C3H8N.2ClH.Zr/c1-3-7-12-10(5-1)9-11-6-2-4-8-13(11)12;1-3-7-11(8-4-1)13-12-9-5-2-6-10-12;1-2-3-4;;;/h1-9H;1-10H;4H,2-3H2,1H3;2*1H;/q-1;;-1;;;+4/p-2. The summed E-state index contributed by atoms with van der Waals surface area (Å²) in [6.07, 6.45) is 0.986.